The van der Waals surface area contributed by atoms with Crippen molar-refractivity contribution in [3.8, 4) is 5.75 Å². The molecule has 0 unspecified atom stereocenters. The Morgan fingerprint density at radius 1 is 1.29 bits per heavy atom. The highest BCUT2D eigenvalue weighted by Gasteiger charge is 2.20. The van der Waals surface area contributed by atoms with Crippen molar-refractivity contribution >= 4 is 27.8 Å². The second kappa shape index (κ2) is 6.93. The van der Waals surface area contributed by atoms with E-state index in [1.165, 1.54) is 0 Å². The van der Waals surface area contributed by atoms with Crippen LogP contribution in [0.1, 0.15) is 6.92 Å². The fourth-order valence-electron chi connectivity index (χ4n) is 1.33. The zero-order valence-electron chi connectivity index (χ0n) is 11.9. The number of ether oxygens (including phenoxy) is 1. The molecule has 0 fully saturated rings. The number of carbonyl (C=O) groups excluding carboxylic acids is 2. The number of amides is 4. The lowest BCUT2D eigenvalue weighted by molar-refractivity contribution is 0.223. The first-order valence-electron chi connectivity index (χ1n) is 6.03. The highest BCUT2D eigenvalue weighted by Crippen LogP contribution is 2.23. The van der Waals surface area contributed by atoms with Crippen LogP contribution in [-0.2, 0) is 10.0 Å². The number of benzene rings is 1. The van der Waals surface area contributed by atoms with Crippen LogP contribution in [0.2, 0.25) is 0 Å². The second-order valence-corrected chi connectivity index (χ2v) is 6.06. The molecule has 116 valence electrons. The molecular formula is C12H17N3O5S. The molecule has 0 saturated carbocycles. The van der Waals surface area contributed by atoms with Crippen molar-refractivity contribution in [3.63, 3.8) is 0 Å². The number of hydrogen-bond donors (Lipinski definition) is 2. The highest BCUT2D eigenvalue weighted by atomic mass is 32.2. The van der Waals surface area contributed by atoms with Gasteiger partial charge in [0.2, 0.25) is 10.0 Å². The molecule has 4 amide bonds. The van der Waals surface area contributed by atoms with Crippen molar-refractivity contribution in [2.24, 2.45) is 0 Å². The van der Waals surface area contributed by atoms with Gasteiger partial charge in [-0.1, -0.05) is 12.1 Å². The Labute approximate surface area is 123 Å². The summed E-state index contributed by atoms with van der Waals surface area (Å²) in [6, 6.07) is 4.75. The van der Waals surface area contributed by atoms with E-state index in [0.717, 1.165) is 13.3 Å². The molecule has 0 bridgehead atoms. The average molecular weight is 315 g/mol. The molecule has 0 heterocycles. The molecule has 21 heavy (non-hydrogen) atoms. The molecule has 9 heteroatoms. The van der Waals surface area contributed by atoms with Gasteiger partial charge in [-0.2, -0.15) is 0 Å². The van der Waals surface area contributed by atoms with Crippen molar-refractivity contribution in [1.82, 2.24) is 9.62 Å². The Hall–Kier alpha value is -2.29. The maximum Gasteiger partial charge on any atom is 0.338 e. The van der Waals surface area contributed by atoms with Crippen LogP contribution in [0.3, 0.4) is 0 Å². The predicted octanol–water partition coefficient (Wildman–Crippen LogP) is 1.22. The van der Waals surface area contributed by atoms with Gasteiger partial charge in [-0.25, -0.2) is 22.3 Å². The van der Waals surface area contributed by atoms with Crippen LogP contribution in [0.4, 0.5) is 15.3 Å². The van der Waals surface area contributed by atoms with E-state index in [1.807, 2.05) is 5.32 Å². The Kier molecular flexibility index (Phi) is 5.53. The largest absolute Gasteiger partial charge is 0.492 e. The average Bonchev–Trinajstić information content (AvgIpc) is 2.39. The van der Waals surface area contributed by atoms with Crippen LogP contribution >= 0.6 is 0 Å². The molecule has 0 radical (unpaired) electrons. The summed E-state index contributed by atoms with van der Waals surface area (Å²) in [6.07, 6.45) is 0.856. The number of hydrogen-bond acceptors (Lipinski definition) is 5. The number of imide groups is 1. The molecule has 1 rings (SSSR count). The van der Waals surface area contributed by atoms with E-state index in [2.05, 4.69) is 5.32 Å². The topological polar surface area (TPSA) is 105 Å². The number of nitrogens with zero attached hydrogens (tertiary/aromatic N) is 1. The van der Waals surface area contributed by atoms with Crippen molar-refractivity contribution < 1.29 is 22.7 Å². The summed E-state index contributed by atoms with van der Waals surface area (Å²) in [6.45, 7) is 2.21. The summed E-state index contributed by atoms with van der Waals surface area (Å²) in [5.41, 5.74) is 0.367. The van der Waals surface area contributed by atoms with Gasteiger partial charge in [-0.3, -0.25) is 5.32 Å². The Morgan fingerprint density at radius 2 is 1.90 bits per heavy atom. The number of urea groups is 2. The molecular weight excluding hydrogens is 298 g/mol. The van der Waals surface area contributed by atoms with E-state index in [1.54, 1.807) is 31.2 Å². The molecule has 0 aliphatic carbocycles. The first kappa shape index (κ1) is 16.8. The monoisotopic (exact) mass is 315 g/mol. The van der Waals surface area contributed by atoms with Crippen LogP contribution in [0, 0.1) is 0 Å². The van der Waals surface area contributed by atoms with Crippen LogP contribution < -0.4 is 15.4 Å². The number of sulfonamides is 1. The SMILES string of the molecule is CCOc1ccccc1NC(=O)NC(=O)N(C)S(C)(=O)=O. The third-order valence-electron chi connectivity index (χ3n) is 2.44. The fourth-order valence-corrected chi connectivity index (χ4v) is 1.68. The van der Waals surface area contributed by atoms with Crippen LogP contribution in [-0.4, -0.2) is 44.7 Å². The Bertz CT molecular complexity index is 630. The minimum atomic E-state index is -3.72. The van der Waals surface area contributed by atoms with E-state index in [0.29, 0.717) is 22.3 Å². The molecule has 0 spiro atoms. The molecule has 2 N–H and O–H groups in total. The summed E-state index contributed by atoms with van der Waals surface area (Å²) in [5, 5.41) is 4.32. The molecule has 0 aliphatic rings. The second-order valence-electron chi connectivity index (χ2n) is 4.04. The maximum absolute atomic E-state index is 11.7. The molecule has 0 aromatic heterocycles. The van der Waals surface area contributed by atoms with E-state index in [9.17, 15) is 18.0 Å². The smallest absolute Gasteiger partial charge is 0.338 e. The van der Waals surface area contributed by atoms with Gasteiger partial charge in [-0.05, 0) is 19.1 Å². The highest BCUT2D eigenvalue weighted by molar-refractivity contribution is 7.88. The molecule has 1 aromatic rings. The predicted molar refractivity (Wildman–Crippen MR) is 77.8 cm³/mol. The maximum atomic E-state index is 11.7. The van der Waals surface area contributed by atoms with Gasteiger partial charge < -0.3 is 10.1 Å². The van der Waals surface area contributed by atoms with Gasteiger partial charge in [0.15, 0.2) is 0 Å². The lowest BCUT2D eigenvalue weighted by Crippen LogP contribution is -2.44. The zero-order chi connectivity index (χ0) is 16.0. The van der Waals surface area contributed by atoms with Crippen LogP contribution in [0.5, 0.6) is 5.75 Å². The van der Waals surface area contributed by atoms with E-state index in [-0.39, 0.29) is 0 Å². The minimum absolute atomic E-state index is 0.367. The summed E-state index contributed by atoms with van der Waals surface area (Å²) < 4.78 is 28.1. The van der Waals surface area contributed by atoms with Crippen LogP contribution in [0.25, 0.3) is 0 Å². The summed E-state index contributed by atoms with van der Waals surface area (Å²) >= 11 is 0. The minimum Gasteiger partial charge on any atom is -0.492 e. The van der Waals surface area contributed by atoms with Crippen molar-refractivity contribution in [1.29, 1.82) is 0 Å². The number of para-hydroxylation sites is 2. The lowest BCUT2D eigenvalue weighted by atomic mass is 10.3. The van der Waals surface area contributed by atoms with Crippen molar-refractivity contribution in [2.75, 3.05) is 25.2 Å². The van der Waals surface area contributed by atoms with Crippen molar-refractivity contribution in [2.45, 2.75) is 6.92 Å². The van der Waals surface area contributed by atoms with Gasteiger partial charge in [-0.15, -0.1) is 0 Å². The summed E-state index contributed by atoms with van der Waals surface area (Å²) in [5.74, 6) is 0.444. The Morgan fingerprint density at radius 3 is 2.48 bits per heavy atom. The van der Waals surface area contributed by atoms with Crippen LogP contribution in [0.15, 0.2) is 24.3 Å². The quantitative estimate of drug-likeness (QED) is 0.869. The summed E-state index contributed by atoms with van der Waals surface area (Å²) in [4.78, 5) is 23.2. The summed E-state index contributed by atoms with van der Waals surface area (Å²) in [7, 11) is -2.67. The number of nitrogens with one attached hydrogen (secondary N) is 2. The first-order chi connectivity index (χ1) is 9.75. The molecule has 0 aliphatic heterocycles. The van der Waals surface area contributed by atoms with Gasteiger partial charge in [0.25, 0.3) is 0 Å². The van der Waals surface area contributed by atoms with Crippen molar-refractivity contribution in [3.05, 3.63) is 24.3 Å². The first-order valence-corrected chi connectivity index (χ1v) is 7.88. The molecule has 1 aromatic carbocycles. The van der Waals surface area contributed by atoms with Gasteiger partial charge in [0, 0.05) is 7.05 Å². The van der Waals surface area contributed by atoms with Gasteiger partial charge in [0.05, 0.1) is 18.6 Å². The van der Waals surface area contributed by atoms with E-state index in [4.69, 9.17) is 4.74 Å². The zero-order valence-corrected chi connectivity index (χ0v) is 12.7. The normalized spacial score (nSPS) is 10.6. The van der Waals surface area contributed by atoms with Gasteiger partial charge >= 0.3 is 12.1 Å². The molecule has 8 nitrogen and oxygen atoms in total. The third kappa shape index (κ3) is 4.95. The molecule has 0 saturated heterocycles. The number of carbonyl (C=O) groups is 2. The standard InChI is InChI=1S/C12H17N3O5S/c1-4-20-10-8-6-5-7-9(10)13-11(16)14-12(17)15(2)21(3,18)19/h5-8H,4H2,1-3H3,(H2,13,14,16,17). The van der Waals surface area contributed by atoms with Gasteiger partial charge in [0.1, 0.15) is 5.75 Å². The lowest BCUT2D eigenvalue weighted by Gasteiger charge is -2.16. The number of rotatable bonds is 4. The molecule has 0 atom stereocenters. The van der Waals surface area contributed by atoms with E-state index >= 15 is 0 Å². The Balaban J connectivity index is 2.73. The third-order valence-corrected chi connectivity index (χ3v) is 3.60. The fraction of sp³-hybridized carbons (Fsp3) is 0.333. The van der Waals surface area contributed by atoms with E-state index < -0.39 is 22.1 Å². The number of anilines is 1.